The fourth-order valence-electron chi connectivity index (χ4n) is 1.90. The number of ether oxygens (including phenoxy) is 1. The molecule has 0 saturated heterocycles. The third kappa shape index (κ3) is 2.39. The number of nitrogen functional groups attached to an aromatic ring is 1. The number of benzene rings is 1. The summed E-state index contributed by atoms with van der Waals surface area (Å²) in [6, 6.07) is 1.12. The number of hydrogen-bond acceptors (Lipinski definition) is 4. The van der Waals surface area contributed by atoms with E-state index in [1.54, 1.807) is 0 Å². The Morgan fingerprint density at radius 2 is 2.05 bits per heavy atom. The molecule has 0 spiro atoms. The van der Waals surface area contributed by atoms with E-state index in [2.05, 4.69) is 9.97 Å². The molecule has 20 heavy (non-hydrogen) atoms. The van der Waals surface area contributed by atoms with Crippen molar-refractivity contribution in [2.75, 3.05) is 12.8 Å². The summed E-state index contributed by atoms with van der Waals surface area (Å²) in [5.74, 6) is -0.424. The molecular weight excluding hydrogens is 304 g/mol. The Labute approximate surface area is 125 Å². The Hall–Kier alpha value is -1.59. The molecule has 106 valence electrons. The van der Waals surface area contributed by atoms with Crippen LogP contribution in [0.25, 0.3) is 11.3 Å². The fourth-order valence-corrected chi connectivity index (χ4v) is 2.50. The maximum Gasteiger partial charge on any atom is 0.161 e. The van der Waals surface area contributed by atoms with Gasteiger partial charge in [-0.3, -0.25) is 0 Å². The average molecular weight is 316 g/mol. The lowest BCUT2D eigenvalue weighted by Gasteiger charge is -2.14. The number of rotatable bonds is 3. The molecule has 0 aliphatic carbocycles. The van der Waals surface area contributed by atoms with Gasteiger partial charge in [0.15, 0.2) is 5.75 Å². The number of anilines is 1. The van der Waals surface area contributed by atoms with Gasteiger partial charge in [0.2, 0.25) is 0 Å². The molecule has 0 atom stereocenters. The zero-order chi connectivity index (χ0) is 14.9. The van der Waals surface area contributed by atoms with Crippen LogP contribution in [0.5, 0.6) is 5.75 Å². The zero-order valence-corrected chi connectivity index (χ0v) is 12.4. The first-order valence-electron chi connectivity index (χ1n) is 5.82. The van der Waals surface area contributed by atoms with Crippen LogP contribution in [-0.2, 0) is 6.42 Å². The van der Waals surface area contributed by atoms with Crippen LogP contribution in [0.3, 0.4) is 0 Å². The molecule has 0 unspecified atom stereocenters. The number of aromatic nitrogens is 2. The molecule has 1 aromatic heterocycles. The minimum atomic E-state index is -0.615. The summed E-state index contributed by atoms with van der Waals surface area (Å²) >= 11 is 12.1. The second-order valence-electron chi connectivity index (χ2n) is 4.00. The summed E-state index contributed by atoms with van der Waals surface area (Å²) in [6.07, 6.45) is 1.92. The highest BCUT2D eigenvalue weighted by molar-refractivity contribution is 6.34. The Morgan fingerprint density at radius 3 is 2.65 bits per heavy atom. The minimum absolute atomic E-state index is 0.0557. The van der Waals surface area contributed by atoms with Gasteiger partial charge >= 0.3 is 0 Å². The number of nitrogens with two attached hydrogens (primary N) is 1. The summed E-state index contributed by atoms with van der Waals surface area (Å²) in [7, 11) is 1.40. The van der Waals surface area contributed by atoms with Gasteiger partial charge in [-0.05, 0) is 12.5 Å². The smallest absolute Gasteiger partial charge is 0.161 e. The molecule has 7 heteroatoms. The highest BCUT2D eigenvalue weighted by Crippen LogP contribution is 2.42. The second-order valence-corrected chi connectivity index (χ2v) is 4.78. The van der Waals surface area contributed by atoms with E-state index >= 15 is 0 Å². The first kappa shape index (κ1) is 14.8. The van der Waals surface area contributed by atoms with E-state index in [-0.39, 0.29) is 32.7 Å². The maximum atomic E-state index is 14.2. The molecule has 4 nitrogen and oxygen atoms in total. The Balaban J connectivity index is 2.76. The van der Waals surface area contributed by atoms with Crippen LogP contribution in [-0.4, -0.2) is 17.1 Å². The lowest BCUT2D eigenvalue weighted by molar-refractivity contribution is 0.416. The van der Waals surface area contributed by atoms with Crippen LogP contribution in [0.1, 0.15) is 12.6 Å². The lowest BCUT2D eigenvalue weighted by Crippen LogP contribution is -2.02. The summed E-state index contributed by atoms with van der Waals surface area (Å²) in [5, 5.41) is 0.358. The predicted octanol–water partition coefficient (Wildman–Crippen LogP) is 3.74. The van der Waals surface area contributed by atoms with Crippen LogP contribution < -0.4 is 10.5 Å². The van der Waals surface area contributed by atoms with Gasteiger partial charge in [0, 0.05) is 0 Å². The van der Waals surface area contributed by atoms with Gasteiger partial charge in [-0.1, -0.05) is 30.1 Å². The Morgan fingerprint density at radius 1 is 1.35 bits per heavy atom. The van der Waals surface area contributed by atoms with Gasteiger partial charge in [0.05, 0.1) is 39.8 Å². The van der Waals surface area contributed by atoms with Gasteiger partial charge in [-0.15, -0.1) is 0 Å². The van der Waals surface area contributed by atoms with Crippen molar-refractivity contribution in [3.63, 3.8) is 0 Å². The summed E-state index contributed by atoms with van der Waals surface area (Å²) in [5.41, 5.74) is 6.88. The van der Waals surface area contributed by atoms with Crippen LogP contribution in [0.15, 0.2) is 12.4 Å². The highest BCUT2D eigenvalue weighted by Gasteiger charge is 2.21. The van der Waals surface area contributed by atoms with Crippen molar-refractivity contribution >= 4 is 28.9 Å². The van der Waals surface area contributed by atoms with E-state index in [9.17, 15) is 4.39 Å². The fraction of sp³-hybridized carbons (Fsp3) is 0.231. The first-order valence-corrected chi connectivity index (χ1v) is 6.58. The Bertz CT molecular complexity index is 665. The van der Waals surface area contributed by atoms with Crippen molar-refractivity contribution < 1.29 is 9.13 Å². The van der Waals surface area contributed by atoms with Crippen molar-refractivity contribution in [3.05, 3.63) is 34.0 Å². The predicted molar refractivity (Wildman–Crippen MR) is 77.8 cm³/mol. The normalized spacial score (nSPS) is 10.7. The number of methoxy groups -OCH3 is 1. The van der Waals surface area contributed by atoms with Crippen molar-refractivity contribution in [2.24, 2.45) is 0 Å². The number of aryl methyl sites for hydroxylation is 1. The van der Waals surface area contributed by atoms with Gasteiger partial charge in [-0.2, -0.15) is 0 Å². The molecule has 0 aliphatic rings. The standard InChI is InChI=1S/C13H12Cl2FN3O/c1-3-8-10(15)12(19-5-18-8)9-7(16)4-6(14)13(20-2)11(9)17/h4-5H,3,17H2,1-2H3. The van der Waals surface area contributed by atoms with Gasteiger partial charge in [0.1, 0.15) is 12.1 Å². The van der Waals surface area contributed by atoms with E-state index in [0.717, 1.165) is 6.07 Å². The van der Waals surface area contributed by atoms with Crippen LogP contribution in [0.4, 0.5) is 10.1 Å². The molecule has 1 heterocycles. The molecule has 2 N–H and O–H groups in total. The molecule has 0 amide bonds. The number of halogens is 3. The van der Waals surface area contributed by atoms with Crippen molar-refractivity contribution in [2.45, 2.75) is 13.3 Å². The van der Waals surface area contributed by atoms with E-state index in [4.69, 9.17) is 33.7 Å². The second kappa shape index (κ2) is 5.81. The molecule has 0 aliphatic heterocycles. The number of hydrogen-bond donors (Lipinski definition) is 1. The van der Waals surface area contributed by atoms with Crippen LogP contribution >= 0.6 is 23.2 Å². The largest absolute Gasteiger partial charge is 0.493 e. The first-order chi connectivity index (χ1) is 9.51. The van der Waals surface area contributed by atoms with Gasteiger partial charge < -0.3 is 10.5 Å². The van der Waals surface area contributed by atoms with Crippen molar-refractivity contribution in [1.82, 2.24) is 9.97 Å². The molecule has 2 rings (SSSR count). The lowest BCUT2D eigenvalue weighted by atomic mass is 10.1. The van der Waals surface area contributed by atoms with Crippen LogP contribution in [0.2, 0.25) is 10.0 Å². The molecule has 0 radical (unpaired) electrons. The van der Waals surface area contributed by atoms with E-state index in [1.165, 1.54) is 13.4 Å². The highest BCUT2D eigenvalue weighted by atomic mass is 35.5. The summed E-state index contributed by atoms with van der Waals surface area (Å²) in [4.78, 5) is 8.06. The number of nitrogens with zero attached hydrogens (tertiary/aromatic N) is 2. The molecular formula is C13H12Cl2FN3O. The van der Waals surface area contributed by atoms with E-state index in [1.807, 2.05) is 6.92 Å². The average Bonchev–Trinajstić information content (AvgIpc) is 2.40. The molecule has 0 fully saturated rings. The SMILES string of the molecule is CCc1ncnc(-c2c(F)cc(Cl)c(OC)c2N)c1Cl. The van der Waals surface area contributed by atoms with Gasteiger partial charge in [-0.25, -0.2) is 14.4 Å². The maximum absolute atomic E-state index is 14.2. The van der Waals surface area contributed by atoms with E-state index < -0.39 is 5.82 Å². The molecule has 1 aromatic carbocycles. The third-order valence-corrected chi connectivity index (χ3v) is 3.54. The minimum Gasteiger partial charge on any atom is -0.493 e. The van der Waals surface area contributed by atoms with Crippen molar-refractivity contribution in [1.29, 1.82) is 0 Å². The third-order valence-electron chi connectivity index (χ3n) is 2.86. The van der Waals surface area contributed by atoms with Gasteiger partial charge in [0.25, 0.3) is 0 Å². The molecule has 0 bridgehead atoms. The molecule has 2 aromatic rings. The monoisotopic (exact) mass is 315 g/mol. The summed E-state index contributed by atoms with van der Waals surface area (Å²) in [6.45, 7) is 1.89. The van der Waals surface area contributed by atoms with Crippen molar-refractivity contribution in [3.8, 4) is 17.0 Å². The topological polar surface area (TPSA) is 61.0 Å². The zero-order valence-electron chi connectivity index (χ0n) is 10.9. The summed E-state index contributed by atoms with van der Waals surface area (Å²) < 4.78 is 19.3. The quantitative estimate of drug-likeness (QED) is 0.876. The Kier molecular flexibility index (Phi) is 4.30. The molecule has 0 saturated carbocycles. The van der Waals surface area contributed by atoms with E-state index in [0.29, 0.717) is 12.1 Å². The van der Waals surface area contributed by atoms with Crippen LogP contribution in [0, 0.1) is 5.82 Å².